The van der Waals surface area contributed by atoms with Crippen LogP contribution in [0, 0.1) is 11.6 Å². The summed E-state index contributed by atoms with van der Waals surface area (Å²) in [5.41, 5.74) is 0. The van der Waals surface area contributed by atoms with Gasteiger partial charge in [-0.1, -0.05) is 0 Å². The monoisotopic (exact) mass is 268 g/mol. The molecule has 1 aromatic carbocycles. The minimum atomic E-state index is -1.21. The summed E-state index contributed by atoms with van der Waals surface area (Å²) < 4.78 is 36.5. The largest absolute Gasteiger partial charge is 0.480 e. The minimum absolute atomic E-state index is 0.209. The van der Waals surface area contributed by atoms with Crippen molar-refractivity contribution < 1.29 is 27.8 Å². The molecule has 0 bridgehead atoms. The quantitative estimate of drug-likeness (QED) is 0.923. The van der Waals surface area contributed by atoms with Crippen LogP contribution in [-0.4, -0.2) is 11.1 Å². The van der Waals surface area contributed by atoms with Gasteiger partial charge in [-0.15, -0.1) is 0 Å². The second-order valence-corrected chi connectivity index (χ2v) is 3.84. The predicted molar refractivity (Wildman–Crippen MR) is 61.1 cm³/mol. The molecule has 2 rings (SSSR count). The Labute approximate surface area is 107 Å². The Balaban J connectivity index is 2.17. The second-order valence-electron chi connectivity index (χ2n) is 3.84. The SMILES string of the molecule is CC(Oc1cc(F)ccc1F)c1ccc(C(=O)O)o1. The van der Waals surface area contributed by atoms with Gasteiger partial charge >= 0.3 is 5.97 Å². The molecule has 0 aliphatic carbocycles. The molecular formula is C13H10F2O4. The van der Waals surface area contributed by atoms with E-state index in [9.17, 15) is 13.6 Å². The molecule has 0 radical (unpaired) electrons. The van der Waals surface area contributed by atoms with Crippen LogP contribution < -0.4 is 4.74 Å². The molecule has 100 valence electrons. The van der Waals surface area contributed by atoms with Crippen LogP contribution in [-0.2, 0) is 0 Å². The molecule has 1 N–H and O–H groups in total. The lowest BCUT2D eigenvalue weighted by atomic mass is 10.3. The van der Waals surface area contributed by atoms with Crippen molar-refractivity contribution in [3.05, 3.63) is 53.5 Å². The van der Waals surface area contributed by atoms with E-state index in [0.29, 0.717) is 0 Å². The Morgan fingerprint density at radius 1 is 1.32 bits per heavy atom. The van der Waals surface area contributed by atoms with Crippen molar-refractivity contribution in [3.63, 3.8) is 0 Å². The molecule has 0 saturated heterocycles. The summed E-state index contributed by atoms with van der Waals surface area (Å²) in [7, 11) is 0. The third-order valence-corrected chi connectivity index (χ3v) is 2.44. The number of hydrogen-bond acceptors (Lipinski definition) is 3. The first-order valence-corrected chi connectivity index (χ1v) is 5.42. The normalized spacial score (nSPS) is 12.2. The number of furan rings is 1. The first-order valence-electron chi connectivity index (χ1n) is 5.42. The van der Waals surface area contributed by atoms with Crippen LogP contribution in [0.15, 0.2) is 34.7 Å². The summed E-state index contributed by atoms with van der Waals surface area (Å²) in [4.78, 5) is 10.6. The standard InChI is InChI=1S/C13H10F2O4/c1-7(10-4-5-11(19-10)13(16)17)18-12-6-8(14)2-3-9(12)15/h2-7H,1H3,(H,16,17). The number of ether oxygens (including phenoxy) is 1. The van der Waals surface area contributed by atoms with Crippen molar-refractivity contribution in [2.24, 2.45) is 0 Å². The summed E-state index contributed by atoms with van der Waals surface area (Å²) in [5.74, 6) is -2.85. The zero-order chi connectivity index (χ0) is 14.0. The first-order chi connectivity index (χ1) is 8.97. The van der Waals surface area contributed by atoms with Gasteiger partial charge in [-0.2, -0.15) is 0 Å². The lowest BCUT2D eigenvalue weighted by Crippen LogP contribution is -2.04. The molecule has 6 heteroatoms. The number of benzene rings is 1. The lowest BCUT2D eigenvalue weighted by Gasteiger charge is -2.12. The maximum Gasteiger partial charge on any atom is 0.371 e. The van der Waals surface area contributed by atoms with E-state index in [1.54, 1.807) is 0 Å². The van der Waals surface area contributed by atoms with Crippen LogP contribution in [0.2, 0.25) is 0 Å². The van der Waals surface area contributed by atoms with E-state index in [2.05, 4.69) is 0 Å². The molecule has 4 nitrogen and oxygen atoms in total. The molecule has 0 fully saturated rings. The van der Waals surface area contributed by atoms with E-state index in [0.717, 1.165) is 18.2 Å². The van der Waals surface area contributed by atoms with Crippen molar-refractivity contribution in [3.8, 4) is 5.75 Å². The first kappa shape index (κ1) is 13.1. The van der Waals surface area contributed by atoms with E-state index < -0.39 is 23.7 Å². The fraction of sp³-hybridized carbons (Fsp3) is 0.154. The molecule has 1 heterocycles. The number of halogens is 2. The highest BCUT2D eigenvalue weighted by Gasteiger charge is 2.17. The van der Waals surface area contributed by atoms with E-state index in [1.165, 1.54) is 19.1 Å². The zero-order valence-corrected chi connectivity index (χ0v) is 9.89. The van der Waals surface area contributed by atoms with Crippen molar-refractivity contribution in [1.82, 2.24) is 0 Å². The van der Waals surface area contributed by atoms with Gasteiger partial charge in [0.1, 0.15) is 11.6 Å². The third kappa shape index (κ3) is 2.90. The van der Waals surface area contributed by atoms with E-state index in [4.69, 9.17) is 14.3 Å². The van der Waals surface area contributed by atoms with Crippen molar-refractivity contribution in [1.29, 1.82) is 0 Å². The van der Waals surface area contributed by atoms with Crippen LogP contribution in [0.3, 0.4) is 0 Å². The molecular weight excluding hydrogens is 258 g/mol. The summed E-state index contributed by atoms with van der Waals surface area (Å²) in [6.07, 6.45) is -0.746. The number of hydrogen-bond donors (Lipinski definition) is 1. The molecule has 0 spiro atoms. The zero-order valence-electron chi connectivity index (χ0n) is 9.89. The predicted octanol–water partition coefficient (Wildman–Crippen LogP) is 3.40. The van der Waals surface area contributed by atoms with Gasteiger partial charge in [0.15, 0.2) is 17.7 Å². The van der Waals surface area contributed by atoms with E-state index in [1.807, 2.05) is 0 Å². The van der Waals surface area contributed by atoms with Gasteiger partial charge in [-0.3, -0.25) is 0 Å². The highest BCUT2D eigenvalue weighted by Crippen LogP contribution is 2.26. The van der Waals surface area contributed by atoms with Gasteiger partial charge in [0.2, 0.25) is 5.76 Å². The third-order valence-electron chi connectivity index (χ3n) is 2.44. The van der Waals surface area contributed by atoms with Crippen molar-refractivity contribution in [2.75, 3.05) is 0 Å². The van der Waals surface area contributed by atoms with Crippen LogP contribution in [0.1, 0.15) is 29.3 Å². The van der Waals surface area contributed by atoms with Gasteiger partial charge < -0.3 is 14.3 Å². The highest BCUT2D eigenvalue weighted by atomic mass is 19.1. The molecule has 0 amide bonds. The number of carbonyl (C=O) groups is 1. The Morgan fingerprint density at radius 2 is 2.05 bits per heavy atom. The summed E-state index contributed by atoms with van der Waals surface area (Å²) >= 11 is 0. The number of carboxylic acid groups (broad SMARTS) is 1. The van der Waals surface area contributed by atoms with Gasteiger partial charge in [0.25, 0.3) is 0 Å². The molecule has 1 atom stereocenters. The fourth-order valence-electron chi connectivity index (χ4n) is 1.50. The Bertz CT molecular complexity index is 606. The molecule has 0 saturated carbocycles. The van der Waals surface area contributed by atoms with Crippen LogP contribution in [0.5, 0.6) is 5.75 Å². The second kappa shape index (κ2) is 5.09. The van der Waals surface area contributed by atoms with Gasteiger partial charge in [0, 0.05) is 6.07 Å². The number of rotatable bonds is 4. The average molecular weight is 268 g/mol. The summed E-state index contributed by atoms with van der Waals surface area (Å²) in [6.45, 7) is 1.54. The number of aromatic carboxylic acids is 1. The number of carboxylic acids is 1. The van der Waals surface area contributed by atoms with Crippen LogP contribution in [0.25, 0.3) is 0 Å². The van der Waals surface area contributed by atoms with E-state index in [-0.39, 0.29) is 17.3 Å². The fourth-order valence-corrected chi connectivity index (χ4v) is 1.50. The van der Waals surface area contributed by atoms with Crippen LogP contribution >= 0.6 is 0 Å². The van der Waals surface area contributed by atoms with Crippen molar-refractivity contribution in [2.45, 2.75) is 13.0 Å². The summed E-state index contributed by atoms with van der Waals surface area (Å²) in [6, 6.07) is 5.50. The van der Waals surface area contributed by atoms with Gasteiger partial charge in [0.05, 0.1) is 0 Å². The van der Waals surface area contributed by atoms with E-state index >= 15 is 0 Å². The van der Waals surface area contributed by atoms with Crippen LogP contribution in [0.4, 0.5) is 8.78 Å². The van der Waals surface area contributed by atoms with Crippen molar-refractivity contribution >= 4 is 5.97 Å². The topological polar surface area (TPSA) is 59.7 Å². The Kier molecular flexibility index (Phi) is 3.50. The smallest absolute Gasteiger partial charge is 0.371 e. The summed E-state index contributed by atoms with van der Waals surface area (Å²) in [5, 5.41) is 8.71. The van der Waals surface area contributed by atoms with Gasteiger partial charge in [-0.05, 0) is 31.2 Å². The maximum atomic E-state index is 13.4. The lowest BCUT2D eigenvalue weighted by molar-refractivity contribution is 0.0655. The molecule has 19 heavy (non-hydrogen) atoms. The minimum Gasteiger partial charge on any atom is -0.480 e. The van der Waals surface area contributed by atoms with Gasteiger partial charge in [-0.25, -0.2) is 13.6 Å². The molecule has 0 aliphatic heterocycles. The highest BCUT2D eigenvalue weighted by molar-refractivity contribution is 5.84. The average Bonchev–Trinajstić information content (AvgIpc) is 2.83. The maximum absolute atomic E-state index is 13.4. The molecule has 0 aliphatic rings. The molecule has 1 unspecified atom stereocenters. The Morgan fingerprint density at radius 3 is 2.68 bits per heavy atom. The Hall–Kier alpha value is -2.37. The molecule has 1 aromatic heterocycles. The molecule has 2 aromatic rings.